The number of benzene rings is 1. The molecule has 5 N–H and O–H groups in total. The Kier molecular flexibility index (Phi) is 4.20. The first-order valence-corrected chi connectivity index (χ1v) is 6.08. The van der Waals surface area contributed by atoms with E-state index in [-0.39, 0.29) is 11.7 Å². The summed E-state index contributed by atoms with van der Waals surface area (Å²) in [6.45, 7) is 0.464. The van der Waals surface area contributed by atoms with Gasteiger partial charge in [0.1, 0.15) is 5.75 Å². The van der Waals surface area contributed by atoms with Crippen molar-refractivity contribution >= 4 is 5.91 Å². The molecule has 5 heteroatoms. The maximum atomic E-state index is 11.8. The van der Waals surface area contributed by atoms with E-state index in [1.807, 2.05) is 12.3 Å². The monoisotopic (exact) mass is 259 g/mol. The van der Waals surface area contributed by atoms with E-state index >= 15 is 0 Å². The summed E-state index contributed by atoms with van der Waals surface area (Å²) in [5.74, 6) is 0.0171. The Balaban J connectivity index is 1.83. The molecule has 0 saturated heterocycles. The van der Waals surface area contributed by atoms with Crippen LogP contribution in [0.1, 0.15) is 11.1 Å². The van der Waals surface area contributed by atoms with Gasteiger partial charge in [-0.15, -0.1) is 0 Å². The van der Waals surface area contributed by atoms with Gasteiger partial charge < -0.3 is 21.1 Å². The van der Waals surface area contributed by atoms with Gasteiger partial charge in [0.2, 0.25) is 5.91 Å². The SMILES string of the molecule is NC(Cc1ccc(O)cc1)C(=O)NCc1cc[nH]c1. The second-order valence-corrected chi connectivity index (χ2v) is 4.41. The molecule has 1 unspecified atom stereocenters. The third-order valence-electron chi connectivity index (χ3n) is 2.86. The number of hydrogen-bond donors (Lipinski definition) is 4. The van der Waals surface area contributed by atoms with Gasteiger partial charge in [0.15, 0.2) is 0 Å². The predicted octanol–water partition coefficient (Wildman–Crippen LogP) is 0.906. The topological polar surface area (TPSA) is 91.1 Å². The molecule has 100 valence electrons. The van der Waals surface area contributed by atoms with Gasteiger partial charge in [-0.25, -0.2) is 0 Å². The third kappa shape index (κ3) is 3.86. The van der Waals surface area contributed by atoms with Crippen LogP contribution in [-0.4, -0.2) is 22.0 Å². The van der Waals surface area contributed by atoms with Crippen molar-refractivity contribution in [3.8, 4) is 5.75 Å². The molecule has 0 radical (unpaired) electrons. The third-order valence-corrected chi connectivity index (χ3v) is 2.86. The first-order valence-electron chi connectivity index (χ1n) is 6.08. The molecule has 0 saturated carbocycles. The highest BCUT2D eigenvalue weighted by atomic mass is 16.3. The Hall–Kier alpha value is -2.27. The number of hydrogen-bond acceptors (Lipinski definition) is 3. The highest BCUT2D eigenvalue weighted by Crippen LogP contribution is 2.10. The van der Waals surface area contributed by atoms with Crippen LogP contribution in [0.4, 0.5) is 0 Å². The molecule has 1 aromatic carbocycles. The largest absolute Gasteiger partial charge is 0.508 e. The lowest BCUT2D eigenvalue weighted by Gasteiger charge is -2.12. The molecule has 0 fully saturated rings. The molecular weight excluding hydrogens is 242 g/mol. The Labute approximate surface area is 111 Å². The number of carbonyl (C=O) groups is 1. The van der Waals surface area contributed by atoms with E-state index in [1.54, 1.807) is 30.5 Å². The molecule has 0 bridgehead atoms. The van der Waals surface area contributed by atoms with Crippen molar-refractivity contribution in [2.75, 3.05) is 0 Å². The zero-order valence-corrected chi connectivity index (χ0v) is 10.5. The second-order valence-electron chi connectivity index (χ2n) is 4.41. The van der Waals surface area contributed by atoms with Crippen LogP contribution in [0.15, 0.2) is 42.7 Å². The molecule has 5 nitrogen and oxygen atoms in total. The smallest absolute Gasteiger partial charge is 0.237 e. The maximum Gasteiger partial charge on any atom is 0.237 e. The van der Waals surface area contributed by atoms with Crippen LogP contribution in [0.5, 0.6) is 5.75 Å². The number of amides is 1. The molecule has 0 spiro atoms. The number of nitrogens with one attached hydrogen (secondary N) is 2. The lowest BCUT2D eigenvalue weighted by molar-refractivity contribution is -0.122. The number of aromatic amines is 1. The molecule has 0 aliphatic heterocycles. The van der Waals surface area contributed by atoms with E-state index in [1.165, 1.54) is 0 Å². The van der Waals surface area contributed by atoms with Crippen molar-refractivity contribution in [1.29, 1.82) is 0 Å². The summed E-state index contributed by atoms with van der Waals surface area (Å²) in [6, 6.07) is 7.98. The second kappa shape index (κ2) is 6.06. The van der Waals surface area contributed by atoms with E-state index in [2.05, 4.69) is 10.3 Å². The Morgan fingerprint density at radius 3 is 2.63 bits per heavy atom. The number of aromatic nitrogens is 1. The maximum absolute atomic E-state index is 11.8. The zero-order chi connectivity index (χ0) is 13.7. The van der Waals surface area contributed by atoms with Crippen molar-refractivity contribution in [3.63, 3.8) is 0 Å². The quantitative estimate of drug-likeness (QED) is 0.643. The lowest BCUT2D eigenvalue weighted by atomic mass is 10.1. The van der Waals surface area contributed by atoms with E-state index in [9.17, 15) is 9.90 Å². The van der Waals surface area contributed by atoms with Gasteiger partial charge >= 0.3 is 0 Å². The summed E-state index contributed by atoms with van der Waals surface area (Å²) in [5.41, 5.74) is 7.77. The average Bonchev–Trinajstić information content (AvgIpc) is 2.91. The van der Waals surface area contributed by atoms with Crippen molar-refractivity contribution in [2.24, 2.45) is 5.73 Å². The minimum atomic E-state index is -0.594. The van der Waals surface area contributed by atoms with Crippen LogP contribution in [-0.2, 0) is 17.8 Å². The van der Waals surface area contributed by atoms with Gasteiger partial charge in [0, 0.05) is 18.9 Å². The zero-order valence-electron chi connectivity index (χ0n) is 10.5. The molecule has 1 atom stereocenters. The van der Waals surface area contributed by atoms with E-state index < -0.39 is 6.04 Å². The first kappa shape index (κ1) is 13.2. The summed E-state index contributed by atoms with van der Waals surface area (Å²) >= 11 is 0. The van der Waals surface area contributed by atoms with Crippen LogP contribution in [0.3, 0.4) is 0 Å². The minimum Gasteiger partial charge on any atom is -0.508 e. The highest BCUT2D eigenvalue weighted by molar-refractivity contribution is 5.81. The first-order chi connectivity index (χ1) is 9.15. The van der Waals surface area contributed by atoms with Crippen LogP contribution in [0.25, 0.3) is 0 Å². The number of phenols is 1. The number of rotatable bonds is 5. The summed E-state index contributed by atoms with van der Waals surface area (Å²) in [5, 5.41) is 12.0. The van der Waals surface area contributed by atoms with Gasteiger partial charge in [0.05, 0.1) is 6.04 Å². The molecule has 2 aromatic rings. The lowest BCUT2D eigenvalue weighted by Crippen LogP contribution is -2.41. The highest BCUT2D eigenvalue weighted by Gasteiger charge is 2.13. The average molecular weight is 259 g/mol. The fourth-order valence-corrected chi connectivity index (χ4v) is 1.77. The van der Waals surface area contributed by atoms with Gasteiger partial charge in [-0.1, -0.05) is 12.1 Å². The van der Waals surface area contributed by atoms with Crippen LogP contribution in [0, 0.1) is 0 Å². The molecule has 0 aliphatic carbocycles. The van der Waals surface area contributed by atoms with Gasteiger partial charge in [0.25, 0.3) is 0 Å². The molecule has 19 heavy (non-hydrogen) atoms. The summed E-state index contributed by atoms with van der Waals surface area (Å²) in [7, 11) is 0. The Bertz CT molecular complexity index is 520. The fraction of sp³-hybridized carbons (Fsp3) is 0.214. The Morgan fingerprint density at radius 2 is 2.00 bits per heavy atom. The number of nitrogens with two attached hydrogens (primary N) is 1. The summed E-state index contributed by atoms with van der Waals surface area (Å²) in [4.78, 5) is 14.7. The van der Waals surface area contributed by atoms with Crippen molar-refractivity contribution in [3.05, 3.63) is 53.9 Å². The van der Waals surface area contributed by atoms with Crippen LogP contribution < -0.4 is 11.1 Å². The Morgan fingerprint density at radius 1 is 1.26 bits per heavy atom. The summed E-state index contributed by atoms with van der Waals surface area (Å²) in [6.07, 6.45) is 4.07. The molecule has 1 heterocycles. The minimum absolute atomic E-state index is 0.186. The van der Waals surface area contributed by atoms with Crippen molar-refractivity contribution in [1.82, 2.24) is 10.3 Å². The standard InChI is InChI=1S/C14H17N3O2/c15-13(7-10-1-3-12(18)4-2-10)14(19)17-9-11-5-6-16-8-11/h1-6,8,13,16,18H,7,9,15H2,(H,17,19). The van der Waals surface area contributed by atoms with Gasteiger partial charge in [-0.2, -0.15) is 0 Å². The number of aromatic hydroxyl groups is 1. The fourth-order valence-electron chi connectivity index (χ4n) is 1.77. The molecule has 2 rings (SSSR count). The van der Waals surface area contributed by atoms with E-state index in [4.69, 9.17) is 5.73 Å². The van der Waals surface area contributed by atoms with Crippen LogP contribution >= 0.6 is 0 Å². The number of carbonyl (C=O) groups excluding carboxylic acids is 1. The van der Waals surface area contributed by atoms with Crippen molar-refractivity contribution in [2.45, 2.75) is 19.0 Å². The van der Waals surface area contributed by atoms with Crippen molar-refractivity contribution < 1.29 is 9.90 Å². The van der Waals surface area contributed by atoms with E-state index in [0.717, 1.165) is 11.1 Å². The van der Waals surface area contributed by atoms with Gasteiger partial charge in [-0.3, -0.25) is 4.79 Å². The summed E-state index contributed by atoms with van der Waals surface area (Å²) < 4.78 is 0. The molecule has 1 aromatic heterocycles. The predicted molar refractivity (Wildman–Crippen MR) is 72.4 cm³/mol. The van der Waals surface area contributed by atoms with Crippen LogP contribution in [0.2, 0.25) is 0 Å². The molecular formula is C14H17N3O2. The normalized spacial score (nSPS) is 12.1. The van der Waals surface area contributed by atoms with Gasteiger partial charge in [-0.05, 0) is 35.7 Å². The van der Waals surface area contributed by atoms with E-state index in [0.29, 0.717) is 13.0 Å². The molecule has 1 amide bonds. The number of phenolic OH excluding ortho intramolecular Hbond substituents is 1. The molecule has 0 aliphatic rings. The number of H-pyrrole nitrogens is 1.